The number of pyridine rings is 2. The zero-order valence-electron chi connectivity index (χ0n) is 17.6. The van der Waals surface area contributed by atoms with Gasteiger partial charge in [0.05, 0.1) is 19.2 Å². The SMILES string of the molecule is C/C(=C\C1(CC(F)(F)F)CCCOC1)n1cc(Oc2ncccc2OCCF)ccc1=N. The number of nitrogens with zero attached hydrogens (tertiary/aromatic N) is 2. The maximum atomic E-state index is 13.3. The number of rotatable bonds is 8. The number of nitrogens with one attached hydrogen (secondary N) is 1. The van der Waals surface area contributed by atoms with Crippen LogP contribution in [0.5, 0.6) is 17.4 Å². The molecule has 0 aromatic carbocycles. The molecular weight excluding hydrogens is 430 g/mol. The van der Waals surface area contributed by atoms with Gasteiger partial charge in [-0.15, -0.1) is 0 Å². The molecule has 10 heteroatoms. The predicted molar refractivity (Wildman–Crippen MR) is 109 cm³/mol. The molecule has 2 aromatic heterocycles. The number of ether oxygens (including phenoxy) is 3. The van der Waals surface area contributed by atoms with E-state index in [2.05, 4.69) is 4.98 Å². The summed E-state index contributed by atoms with van der Waals surface area (Å²) in [5.41, 5.74) is -0.671. The molecule has 1 aliphatic rings. The van der Waals surface area contributed by atoms with E-state index in [1.54, 1.807) is 19.1 Å². The lowest BCUT2D eigenvalue weighted by atomic mass is 9.78. The van der Waals surface area contributed by atoms with Gasteiger partial charge in [-0.05, 0) is 44.0 Å². The van der Waals surface area contributed by atoms with Gasteiger partial charge in [-0.25, -0.2) is 9.37 Å². The Morgan fingerprint density at radius 1 is 1.34 bits per heavy atom. The van der Waals surface area contributed by atoms with Crippen LogP contribution in [0.15, 0.2) is 42.7 Å². The maximum Gasteiger partial charge on any atom is 0.390 e. The molecule has 174 valence electrons. The summed E-state index contributed by atoms with van der Waals surface area (Å²) in [6, 6.07) is 6.20. The monoisotopic (exact) mass is 455 g/mol. The largest absolute Gasteiger partial charge is 0.485 e. The molecule has 1 atom stereocenters. The van der Waals surface area contributed by atoms with E-state index < -0.39 is 24.7 Å². The number of hydrogen-bond acceptors (Lipinski definition) is 5. The Bertz CT molecular complexity index is 998. The van der Waals surface area contributed by atoms with E-state index in [0.717, 1.165) is 0 Å². The lowest BCUT2D eigenvalue weighted by Gasteiger charge is -2.35. The molecule has 0 spiro atoms. The molecule has 1 N–H and O–H groups in total. The Labute approximate surface area is 183 Å². The van der Waals surface area contributed by atoms with Crippen molar-refractivity contribution in [1.29, 1.82) is 5.41 Å². The third kappa shape index (κ3) is 6.32. The second kappa shape index (κ2) is 10.2. The van der Waals surface area contributed by atoms with Gasteiger partial charge in [-0.3, -0.25) is 5.41 Å². The summed E-state index contributed by atoms with van der Waals surface area (Å²) in [5.74, 6) is 0.658. The van der Waals surface area contributed by atoms with Crippen LogP contribution in [0.3, 0.4) is 0 Å². The molecule has 0 saturated carbocycles. The minimum absolute atomic E-state index is 0.0306. The van der Waals surface area contributed by atoms with Crippen molar-refractivity contribution in [2.24, 2.45) is 5.41 Å². The van der Waals surface area contributed by atoms with Crippen LogP contribution < -0.4 is 15.0 Å². The first-order valence-electron chi connectivity index (χ1n) is 10.1. The smallest absolute Gasteiger partial charge is 0.390 e. The van der Waals surface area contributed by atoms with E-state index in [0.29, 0.717) is 30.9 Å². The first-order valence-corrected chi connectivity index (χ1v) is 10.1. The number of aromatic nitrogens is 2. The number of hydrogen-bond donors (Lipinski definition) is 1. The highest BCUT2D eigenvalue weighted by Gasteiger charge is 2.42. The molecule has 1 saturated heterocycles. The van der Waals surface area contributed by atoms with Gasteiger partial charge in [0.25, 0.3) is 5.88 Å². The lowest BCUT2D eigenvalue weighted by molar-refractivity contribution is -0.165. The molecule has 0 aliphatic carbocycles. The van der Waals surface area contributed by atoms with Crippen molar-refractivity contribution in [3.8, 4) is 17.4 Å². The zero-order chi connectivity index (χ0) is 23.2. The van der Waals surface area contributed by atoms with Crippen molar-refractivity contribution >= 4 is 5.70 Å². The fourth-order valence-corrected chi connectivity index (χ4v) is 3.75. The second-order valence-corrected chi connectivity index (χ2v) is 7.66. The molecule has 3 heterocycles. The molecular formula is C22H25F4N3O3. The van der Waals surface area contributed by atoms with Gasteiger partial charge in [-0.2, -0.15) is 13.2 Å². The van der Waals surface area contributed by atoms with E-state index in [1.807, 2.05) is 0 Å². The van der Waals surface area contributed by atoms with Crippen molar-refractivity contribution < 1.29 is 31.8 Å². The standard InChI is InChI=1S/C22H25F4N3O3/c1-16(12-21(14-22(24,25)26)7-3-10-30-15-21)29-13-17(5-6-19(29)27)32-20-18(31-11-8-23)4-2-9-28-20/h2,4-6,9,12-13,27H,3,7-8,10-11,14-15H2,1H3/b16-12+,27-19?. The average molecular weight is 455 g/mol. The van der Waals surface area contributed by atoms with Gasteiger partial charge >= 0.3 is 6.18 Å². The Hall–Kier alpha value is -2.88. The van der Waals surface area contributed by atoms with Gasteiger partial charge in [0.1, 0.15) is 24.5 Å². The number of allylic oxidation sites excluding steroid dienone is 1. The highest BCUT2D eigenvalue weighted by molar-refractivity contribution is 5.46. The summed E-state index contributed by atoms with van der Waals surface area (Å²) in [5, 5.41) is 8.20. The van der Waals surface area contributed by atoms with Crippen LogP contribution in [-0.2, 0) is 4.74 Å². The molecule has 1 aliphatic heterocycles. The van der Waals surface area contributed by atoms with Gasteiger partial charge in [0.2, 0.25) is 0 Å². The Morgan fingerprint density at radius 2 is 2.16 bits per heavy atom. The van der Waals surface area contributed by atoms with E-state index >= 15 is 0 Å². The Kier molecular flexibility index (Phi) is 7.55. The Balaban J connectivity index is 1.90. The normalized spacial score (nSPS) is 19.6. The quantitative estimate of drug-likeness (QED) is 0.562. The predicted octanol–water partition coefficient (Wildman–Crippen LogP) is 5.11. The summed E-state index contributed by atoms with van der Waals surface area (Å²) in [6.07, 6.45) is 0.0564. The van der Waals surface area contributed by atoms with Crippen LogP contribution in [0.2, 0.25) is 0 Å². The zero-order valence-corrected chi connectivity index (χ0v) is 17.6. The van der Waals surface area contributed by atoms with Crippen LogP contribution >= 0.6 is 0 Å². The topological polar surface area (TPSA) is 69.4 Å². The minimum Gasteiger partial charge on any atom is -0.485 e. The second-order valence-electron chi connectivity index (χ2n) is 7.66. The van der Waals surface area contributed by atoms with Gasteiger partial charge < -0.3 is 18.8 Å². The van der Waals surface area contributed by atoms with E-state index in [9.17, 15) is 17.6 Å². The van der Waals surface area contributed by atoms with Crippen molar-refractivity contribution in [3.05, 3.63) is 48.2 Å². The van der Waals surface area contributed by atoms with Gasteiger partial charge in [0.15, 0.2) is 5.75 Å². The molecule has 1 fully saturated rings. The van der Waals surface area contributed by atoms with Crippen molar-refractivity contribution in [3.63, 3.8) is 0 Å². The van der Waals surface area contributed by atoms with Gasteiger partial charge in [-0.1, -0.05) is 6.08 Å². The lowest BCUT2D eigenvalue weighted by Crippen LogP contribution is -2.35. The molecule has 0 radical (unpaired) electrons. The minimum atomic E-state index is -4.34. The molecule has 32 heavy (non-hydrogen) atoms. The fraction of sp³-hybridized carbons (Fsp3) is 0.455. The van der Waals surface area contributed by atoms with Crippen LogP contribution in [0.25, 0.3) is 5.70 Å². The first kappa shape index (κ1) is 23.8. The van der Waals surface area contributed by atoms with Crippen LogP contribution in [0, 0.1) is 10.8 Å². The third-order valence-corrected chi connectivity index (χ3v) is 5.01. The van der Waals surface area contributed by atoms with Crippen molar-refractivity contribution in [1.82, 2.24) is 9.55 Å². The fourth-order valence-electron chi connectivity index (χ4n) is 3.75. The first-order chi connectivity index (χ1) is 15.2. The molecule has 0 amide bonds. The molecule has 1 unspecified atom stereocenters. The highest BCUT2D eigenvalue weighted by Crippen LogP contribution is 2.42. The van der Waals surface area contributed by atoms with Crippen LogP contribution in [0.4, 0.5) is 17.6 Å². The molecule has 3 rings (SSSR count). The summed E-state index contributed by atoms with van der Waals surface area (Å²) < 4.78 is 70.1. The van der Waals surface area contributed by atoms with Crippen LogP contribution in [-0.4, -0.2) is 42.2 Å². The van der Waals surface area contributed by atoms with Crippen molar-refractivity contribution in [2.75, 3.05) is 26.5 Å². The molecule has 0 bridgehead atoms. The summed E-state index contributed by atoms with van der Waals surface area (Å²) in [6.45, 7) is 1.22. The highest BCUT2D eigenvalue weighted by atomic mass is 19.4. The van der Waals surface area contributed by atoms with E-state index in [1.165, 1.54) is 35.2 Å². The average Bonchev–Trinajstić information content (AvgIpc) is 2.73. The van der Waals surface area contributed by atoms with Crippen molar-refractivity contribution in [2.45, 2.75) is 32.4 Å². The van der Waals surface area contributed by atoms with E-state index in [4.69, 9.17) is 19.6 Å². The van der Waals surface area contributed by atoms with Crippen LogP contribution in [0.1, 0.15) is 26.2 Å². The third-order valence-electron chi connectivity index (χ3n) is 5.01. The molecule has 6 nitrogen and oxygen atoms in total. The molecule has 2 aromatic rings. The maximum absolute atomic E-state index is 13.3. The van der Waals surface area contributed by atoms with E-state index in [-0.39, 0.29) is 30.3 Å². The summed E-state index contributed by atoms with van der Waals surface area (Å²) >= 11 is 0. The summed E-state index contributed by atoms with van der Waals surface area (Å²) in [4.78, 5) is 4.09. The Morgan fingerprint density at radius 3 is 2.84 bits per heavy atom. The number of halogens is 4. The number of alkyl halides is 4. The summed E-state index contributed by atoms with van der Waals surface area (Å²) in [7, 11) is 0. The van der Waals surface area contributed by atoms with Gasteiger partial charge in [0, 0.05) is 23.9 Å².